The highest BCUT2D eigenvalue weighted by Gasteiger charge is 2.18. The first-order chi connectivity index (χ1) is 7.79. The number of hydrogen-bond donors (Lipinski definition) is 2. The van der Waals surface area contributed by atoms with Gasteiger partial charge in [-0.1, -0.05) is 34.1 Å². The molecule has 0 aliphatic heterocycles. The number of benzene rings is 1. The van der Waals surface area contributed by atoms with Gasteiger partial charge < -0.3 is 11.1 Å². The minimum atomic E-state index is -0.474. The average molecular weight is 299 g/mol. The lowest BCUT2D eigenvalue weighted by atomic mass is 10.0. The fourth-order valence-electron chi connectivity index (χ4n) is 1.61. The number of nitrogens with one attached hydrogen (secondary N) is 1. The fourth-order valence-corrected chi connectivity index (χ4v) is 2.24. The number of nitrogens with two attached hydrogens (primary N) is 1. The van der Waals surface area contributed by atoms with Gasteiger partial charge in [-0.05, 0) is 32.4 Å². The summed E-state index contributed by atoms with van der Waals surface area (Å²) < 4.78 is 1.000. The molecule has 1 aromatic carbocycles. The second-order valence-electron chi connectivity index (χ2n) is 4.98. The third-order valence-corrected chi connectivity index (χ3v) is 3.09. The molecule has 3 N–H and O–H groups in total. The first-order valence-electron chi connectivity index (χ1n) is 5.62. The number of rotatable bonds is 4. The first-order valence-corrected chi connectivity index (χ1v) is 6.41. The van der Waals surface area contributed by atoms with Crippen LogP contribution in [0.5, 0.6) is 0 Å². The summed E-state index contributed by atoms with van der Waals surface area (Å²) in [5.41, 5.74) is 6.40. The standard InChI is InChI=1S/C13H19BrN2O/c1-9(10-6-4-5-7-11(10)14)16-12(17)8-13(2,3)15/h4-7,9H,8,15H2,1-3H3,(H,16,17). The molecule has 1 amide bonds. The quantitative estimate of drug-likeness (QED) is 0.898. The van der Waals surface area contributed by atoms with Gasteiger partial charge >= 0.3 is 0 Å². The molecular weight excluding hydrogens is 280 g/mol. The van der Waals surface area contributed by atoms with E-state index in [2.05, 4.69) is 21.2 Å². The lowest BCUT2D eigenvalue weighted by molar-refractivity contribution is -0.122. The molecule has 4 heteroatoms. The van der Waals surface area contributed by atoms with Gasteiger partial charge in [-0.15, -0.1) is 0 Å². The Hall–Kier alpha value is -0.870. The summed E-state index contributed by atoms with van der Waals surface area (Å²) in [6.07, 6.45) is 0.321. The van der Waals surface area contributed by atoms with Crippen LogP contribution >= 0.6 is 15.9 Å². The maximum Gasteiger partial charge on any atom is 0.222 e. The van der Waals surface area contributed by atoms with Gasteiger partial charge in [0.2, 0.25) is 5.91 Å². The van der Waals surface area contributed by atoms with Gasteiger partial charge in [0.05, 0.1) is 6.04 Å². The van der Waals surface area contributed by atoms with Crippen LogP contribution in [0.1, 0.15) is 38.8 Å². The van der Waals surface area contributed by atoms with E-state index in [9.17, 15) is 4.79 Å². The lowest BCUT2D eigenvalue weighted by Crippen LogP contribution is -2.39. The van der Waals surface area contributed by atoms with Gasteiger partial charge in [-0.2, -0.15) is 0 Å². The molecule has 0 bridgehead atoms. The van der Waals surface area contributed by atoms with Crippen molar-refractivity contribution in [3.05, 3.63) is 34.3 Å². The van der Waals surface area contributed by atoms with Gasteiger partial charge in [0.1, 0.15) is 0 Å². The van der Waals surface area contributed by atoms with Crippen LogP contribution in [0.2, 0.25) is 0 Å². The summed E-state index contributed by atoms with van der Waals surface area (Å²) in [5.74, 6) is -0.0271. The van der Waals surface area contributed by atoms with E-state index in [0.29, 0.717) is 6.42 Å². The van der Waals surface area contributed by atoms with Crippen molar-refractivity contribution in [1.29, 1.82) is 0 Å². The molecule has 0 saturated heterocycles. The van der Waals surface area contributed by atoms with Crippen molar-refractivity contribution in [1.82, 2.24) is 5.32 Å². The summed E-state index contributed by atoms with van der Waals surface area (Å²) in [7, 11) is 0. The van der Waals surface area contributed by atoms with E-state index in [1.807, 2.05) is 45.0 Å². The monoisotopic (exact) mass is 298 g/mol. The van der Waals surface area contributed by atoms with Crippen molar-refractivity contribution < 1.29 is 4.79 Å². The van der Waals surface area contributed by atoms with E-state index in [1.165, 1.54) is 0 Å². The van der Waals surface area contributed by atoms with Gasteiger partial charge in [0, 0.05) is 16.4 Å². The summed E-state index contributed by atoms with van der Waals surface area (Å²) in [4.78, 5) is 11.7. The molecule has 0 radical (unpaired) electrons. The van der Waals surface area contributed by atoms with Crippen LogP contribution < -0.4 is 11.1 Å². The Balaban J connectivity index is 2.64. The Bertz CT molecular complexity index is 399. The van der Waals surface area contributed by atoms with Gasteiger partial charge in [0.25, 0.3) is 0 Å². The molecule has 0 aromatic heterocycles. The van der Waals surface area contributed by atoms with Gasteiger partial charge in [-0.3, -0.25) is 4.79 Å². The van der Waals surface area contributed by atoms with Crippen molar-refractivity contribution in [2.75, 3.05) is 0 Å². The van der Waals surface area contributed by atoms with Crippen molar-refractivity contribution >= 4 is 21.8 Å². The summed E-state index contributed by atoms with van der Waals surface area (Å²) in [6.45, 7) is 5.65. The summed E-state index contributed by atoms with van der Waals surface area (Å²) >= 11 is 3.47. The second kappa shape index (κ2) is 5.65. The highest BCUT2D eigenvalue weighted by molar-refractivity contribution is 9.10. The minimum absolute atomic E-state index is 0.0271. The number of carbonyl (C=O) groups excluding carboxylic acids is 1. The lowest BCUT2D eigenvalue weighted by Gasteiger charge is -2.21. The fraction of sp³-hybridized carbons (Fsp3) is 0.462. The minimum Gasteiger partial charge on any atom is -0.349 e. The zero-order valence-electron chi connectivity index (χ0n) is 10.5. The molecule has 0 heterocycles. The highest BCUT2D eigenvalue weighted by Crippen LogP contribution is 2.22. The third kappa shape index (κ3) is 4.88. The van der Waals surface area contributed by atoms with Crippen molar-refractivity contribution in [3.8, 4) is 0 Å². The first kappa shape index (κ1) is 14.2. The number of halogens is 1. The molecule has 17 heavy (non-hydrogen) atoms. The van der Waals surface area contributed by atoms with E-state index >= 15 is 0 Å². The molecule has 0 fully saturated rings. The molecule has 0 spiro atoms. The molecule has 0 aliphatic rings. The zero-order chi connectivity index (χ0) is 13.1. The van der Waals surface area contributed by atoms with E-state index in [-0.39, 0.29) is 11.9 Å². The largest absolute Gasteiger partial charge is 0.349 e. The van der Waals surface area contributed by atoms with Gasteiger partial charge in [-0.25, -0.2) is 0 Å². The molecule has 3 nitrogen and oxygen atoms in total. The van der Waals surface area contributed by atoms with E-state index in [0.717, 1.165) is 10.0 Å². The van der Waals surface area contributed by atoms with Crippen LogP contribution in [-0.2, 0) is 4.79 Å². The third-order valence-electron chi connectivity index (χ3n) is 2.37. The SMILES string of the molecule is CC(NC(=O)CC(C)(C)N)c1ccccc1Br. The summed E-state index contributed by atoms with van der Waals surface area (Å²) in [6, 6.07) is 7.83. The van der Waals surface area contributed by atoms with E-state index < -0.39 is 5.54 Å². The Morgan fingerprint density at radius 2 is 2.06 bits per heavy atom. The maximum atomic E-state index is 11.7. The average Bonchev–Trinajstić information content (AvgIpc) is 2.14. The van der Waals surface area contributed by atoms with Crippen LogP contribution in [0.4, 0.5) is 0 Å². The van der Waals surface area contributed by atoms with Crippen LogP contribution in [0.3, 0.4) is 0 Å². The zero-order valence-corrected chi connectivity index (χ0v) is 12.0. The topological polar surface area (TPSA) is 55.1 Å². The van der Waals surface area contributed by atoms with Crippen molar-refractivity contribution in [2.45, 2.75) is 38.8 Å². The highest BCUT2D eigenvalue weighted by atomic mass is 79.9. The van der Waals surface area contributed by atoms with Crippen molar-refractivity contribution in [2.24, 2.45) is 5.73 Å². The van der Waals surface area contributed by atoms with E-state index in [4.69, 9.17) is 5.73 Å². The molecule has 1 aromatic rings. The molecule has 0 aliphatic carbocycles. The predicted molar refractivity (Wildman–Crippen MR) is 73.6 cm³/mol. The number of carbonyl (C=O) groups is 1. The normalized spacial score (nSPS) is 13.2. The Morgan fingerprint density at radius 1 is 1.47 bits per heavy atom. The number of hydrogen-bond acceptors (Lipinski definition) is 2. The van der Waals surface area contributed by atoms with Crippen molar-refractivity contribution in [3.63, 3.8) is 0 Å². The molecular formula is C13H19BrN2O. The maximum absolute atomic E-state index is 11.7. The Labute approximate surface area is 111 Å². The number of amides is 1. The Kier molecular flexibility index (Phi) is 4.71. The van der Waals surface area contributed by atoms with Crippen LogP contribution in [0, 0.1) is 0 Å². The van der Waals surface area contributed by atoms with E-state index in [1.54, 1.807) is 0 Å². The smallest absolute Gasteiger partial charge is 0.222 e. The summed E-state index contributed by atoms with van der Waals surface area (Å²) in [5, 5.41) is 2.94. The van der Waals surface area contributed by atoms with Crippen LogP contribution in [-0.4, -0.2) is 11.4 Å². The van der Waals surface area contributed by atoms with Gasteiger partial charge in [0.15, 0.2) is 0 Å². The molecule has 1 rings (SSSR count). The molecule has 1 unspecified atom stereocenters. The Morgan fingerprint density at radius 3 is 2.59 bits per heavy atom. The second-order valence-corrected chi connectivity index (χ2v) is 5.83. The van der Waals surface area contributed by atoms with Crippen LogP contribution in [0.15, 0.2) is 28.7 Å². The molecule has 1 atom stereocenters. The molecule has 0 saturated carbocycles. The molecule has 94 valence electrons. The predicted octanol–water partition coefficient (Wildman–Crippen LogP) is 2.75. The van der Waals surface area contributed by atoms with Crippen LogP contribution in [0.25, 0.3) is 0 Å².